The van der Waals surface area contributed by atoms with Gasteiger partial charge in [-0.3, -0.25) is 4.68 Å². The van der Waals surface area contributed by atoms with Gasteiger partial charge in [-0.2, -0.15) is 5.10 Å². The Morgan fingerprint density at radius 2 is 2.21 bits per heavy atom. The first kappa shape index (κ1) is 11.0. The van der Waals surface area contributed by atoms with Crippen LogP contribution in [0.2, 0.25) is 0 Å². The fraction of sp³-hybridized carbons (Fsp3) is 0.583. The predicted octanol–water partition coefficient (Wildman–Crippen LogP) is 3.05. The van der Waals surface area contributed by atoms with Gasteiger partial charge < -0.3 is 0 Å². The van der Waals surface area contributed by atoms with Gasteiger partial charge in [-0.25, -0.2) is 0 Å². The van der Waals surface area contributed by atoms with Crippen molar-refractivity contribution in [3.05, 3.63) is 29.6 Å². The molecule has 1 rings (SSSR count). The molecule has 0 saturated carbocycles. The lowest BCUT2D eigenvalue weighted by Gasteiger charge is -1.99. The Morgan fingerprint density at radius 3 is 2.79 bits per heavy atom. The molecule has 1 aromatic heterocycles. The summed E-state index contributed by atoms with van der Waals surface area (Å²) in [5, 5.41) is 4.31. The summed E-state index contributed by atoms with van der Waals surface area (Å²) in [4.78, 5) is 0. The maximum absolute atomic E-state index is 4.31. The van der Waals surface area contributed by atoms with Crippen LogP contribution in [0.15, 0.2) is 24.0 Å². The number of allylic oxidation sites excluding steroid dienone is 2. The van der Waals surface area contributed by atoms with Crippen LogP contribution in [-0.4, -0.2) is 9.78 Å². The summed E-state index contributed by atoms with van der Waals surface area (Å²) in [5.41, 5.74) is 2.67. The average Bonchev–Trinajstić information content (AvgIpc) is 2.47. The third kappa shape index (κ3) is 3.77. The number of hydrogen-bond acceptors (Lipinski definition) is 1. The molecule has 0 spiro atoms. The Bertz CT molecular complexity index is 304. The smallest absolute Gasteiger partial charge is 0.0592 e. The molecule has 2 nitrogen and oxygen atoms in total. The second-order valence-corrected chi connectivity index (χ2v) is 4.45. The Hall–Kier alpha value is -1.05. The number of aromatic nitrogens is 2. The standard InChI is InChI=1S/C12H20N2/c1-10(2)5-6-14-9-12(8-13-14)7-11(3)4/h5,8-9,11H,6-7H2,1-4H3. The zero-order chi connectivity index (χ0) is 10.6. The van der Waals surface area contributed by atoms with E-state index in [-0.39, 0.29) is 0 Å². The fourth-order valence-electron chi connectivity index (χ4n) is 1.36. The lowest BCUT2D eigenvalue weighted by Crippen LogP contribution is -1.96. The van der Waals surface area contributed by atoms with Gasteiger partial charge in [0.2, 0.25) is 0 Å². The van der Waals surface area contributed by atoms with Gasteiger partial charge in [0.15, 0.2) is 0 Å². The molecule has 0 aliphatic rings. The largest absolute Gasteiger partial charge is 0.269 e. The van der Waals surface area contributed by atoms with Crippen LogP contribution in [0.25, 0.3) is 0 Å². The van der Waals surface area contributed by atoms with Crippen molar-refractivity contribution in [2.24, 2.45) is 5.92 Å². The van der Waals surface area contributed by atoms with Crippen LogP contribution in [-0.2, 0) is 13.0 Å². The molecule has 0 fully saturated rings. The molecule has 0 amide bonds. The van der Waals surface area contributed by atoms with Crippen molar-refractivity contribution in [3.8, 4) is 0 Å². The molecule has 0 radical (unpaired) electrons. The maximum atomic E-state index is 4.31. The molecule has 0 saturated heterocycles. The van der Waals surface area contributed by atoms with E-state index in [1.165, 1.54) is 11.1 Å². The molecule has 0 bridgehead atoms. The first-order valence-corrected chi connectivity index (χ1v) is 5.22. The van der Waals surface area contributed by atoms with Crippen molar-refractivity contribution in [1.29, 1.82) is 0 Å². The van der Waals surface area contributed by atoms with Crippen LogP contribution in [0.3, 0.4) is 0 Å². The third-order valence-corrected chi connectivity index (χ3v) is 2.02. The molecular formula is C12H20N2. The second-order valence-electron chi connectivity index (χ2n) is 4.45. The highest BCUT2D eigenvalue weighted by Gasteiger charge is 2.00. The molecule has 78 valence electrons. The van der Waals surface area contributed by atoms with E-state index in [9.17, 15) is 0 Å². The van der Waals surface area contributed by atoms with Crippen molar-refractivity contribution < 1.29 is 0 Å². The van der Waals surface area contributed by atoms with E-state index in [1.807, 2.05) is 10.9 Å². The van der Waals surface area contributed by atoms with E-state index in [4.69, 9.17) is 0 Å². The minimum Gasteiger partial charge on any atom is -0.269 e. The Balaban J connectivity index is 2.55. The lowest BCUT2D eigenvalue weighted by atomic mass is 10.1. The summed E-state index contributed by atoms with van der Waals surface area (Å²) < 4.78 is 1.99. The van der Waals surface area contributed by atoms with Gasteiger partial charge >= 0.3 is 0 Å². The quantitative estimate of drug-likeness (QED) is 0.670. The molecular weight excluding hydrogens is 172 g/mol. The summed E-state index contributed by atoms with van der Waals surface area (Å²) in [5.74, 6) is 0.705. The van der Waals surface area contributed by atoms with Crippen molar-refractivity contribution in [2.75, 3.05) is 0 Å². The van der Waals surface area contributed by atoms with Crippen LogP contribution in [0.5, 0.6) is 0 Å². The van der Waals surface area contributed by atoms with Gasteiger partial charge in [0.05, 0.1) is 12.7 Å². The predicted molar refractivity (Wildman–Crippen MR) is 60.2 cm³/mol. The lowest BCUT2D eigenvalue weighted by molar-refractivity contribution is 0.645. The van der Waals surface area contributed by atoms with Crippen LogP contribution in [0.1, 0.15) is 33.3 Å². The summed E-state index contributed by atoms with van der Waals surface area (Å²) >= 11 is 0. The van der Waals surface area contributed by atoms with E-state index < -0.39 is 0 Å². The van der Waals surface area contributed by atoms with Gasteiger partial charge in [-0.05, 0) is 31.7 Å². The first-order valence-electron chi connectivity index (χ1n) is 5.22. The second kappa shape index (κ2) is 4.99. The van der Waals surface area contributed by atoms with E-state index in [0.29, 0.717) is 5.92 Å². The Labute approximate surface area is 86.6 Å². The highest BCUT2D eigenvalue weighted by atomic mass is 15.3. The van der Waals surface area contributed by atoms with Gasteiger partial charge in [0, 0.05) is 6.20 Å². The number of nitrogens with zero attached hydrogens (tertiary/aromatic N) is 2. The first-order chi connectivity index (χ1) is 6.58. The number of hydrogen-bond donors (Lipinski definition) is 0. The topological polar surface area (TPSA) is 17.8 Å². The molecule has 0 aliphatic carbocycles. The number of rotatable bonds is 4. The van der Waals surface area contributed by atoms with E-state index >= 15 is 0 Å². The van der Waals surface area contributed by atoms with Crippen LogP contribution in [0, 0.1) is 5.92 Å². The van der Waals surface area contributed by atoms with Crippen LogP contribution < -0.4 is 0 Å². The van der Waals surface area contributed by atoms with Crippen molar-refractivity contribution in [2.45, 2.75) is 40.7 Å². The molecule has 0 unspecified atom stereocenters. The van der Waals surface area contributed by atoms with E-state index in [0.717, 1.165) is 13.0 Å². The highest BCUT2D eigenvalue weighted by molar-refractivity contribution is 5.05. The molecule has 0 N–H and O–H groups in total. The third-order valence-electron chi connectivity index (χ3n) is 2.02. The molecule has 0 aromatic carbocycles. The summed E-state index contributed by atoms with van der Waals surface area (Å²) in [7, 11) is 0. The fourth-order valence-corrected chi connectivity index (χ4v) is 1.36. The summed E-state index contributed by atoms with van der Waals surface area (Å²) in [6.07, 6.45) is 7.42. The highest BCUT2D eigenvalue weighted by Crippen LogP contribution is 2.06. The molecule has 0 aliphatic heterocycles. The van der Waals surface area contributed by atoms with Gasteiger partial charge in [0.1, 0.15) is 0 Å². The van der Waals surface area contributed by atoms with Crippen LogP contribution >= 0.6 is 0 Å². The summed E-state index contributed by atoms with van der Waals surface area (Å²) in [6, 6.07) is 0. The molecule has 1 heterocycles. The monoisotopic (exact) mass is 192 g/mol. The maximum Gasteiger partial charge on any atom is 0.0592 e. The van der Waals surface area contributed by atoms with Gasteiger partial charge in [-0.15, -0.1) is 0 Å². The minimum atomic E-state index is 0.705. The van der Waals surface area contributed by atoms with Crippen molar-refractivity contribution in [1.82, 2.24) is 9.78 Å². The van der Waals surface area contributed by atoms with Crippen LogP contribution in [0.4, 0.5) is 0 Å². The SMILES string of the molecule is CC(C)=CCn1cc(CC(C)C)cn1. The zero-order valence-corrected chi connectivity index (χ0v) is 9.62. The molecule has 14 heavy (non-hydrogen) atoms. The minimum absolute atomic E-state index is 0.705. The normalized spacial score (nSPS) is 10.6. The van der Waals surface area contributed by atoms with Crippen molar-refractivity contribution >= 4 is 0 Å². The molecule has 1 aromatic rings. The zero-order valence-electron chi connectivity index (χ0n) is 9.62. The van der Waals surface area contributed by atoms with E-state index in [2.05, 4.69) is 45.1 Å². The molecule has 2 heteroatoms. The van der Waals surface area contributed by atoms with Crippen molar-refractivity contribution in [3.63, 3.8) is 0 Å². The Kier molecular flexibility index (Phi) is 3.93. The average molecular weight is 192 g/mol. The van der Waals surface area contributed by atoms with E-state index in [1.54, 1.807) is 0 Å². The Morgan fingerprint density at radius 1 is 1.50 bits per heavy atom. The summed E-state index contributed by atoms with van der Waals surface area (Å²) in [6.45, 7) is 9.57. The van der Waals surface area contributed by atoms with Gasteiger partial charge in [0.25, 0.3) is 0 Å². The molecule has 0 atom stereocenters. The van der Waals surface area contributed by atoms with Gasteiger partial charge in [-0.1, -0.05) is 25.5 Å².